The largest absolute Gasteiger partial charge is 0.508 e. The number of hydrogen-bond acceptors (Lipinski definition) is 2. The maximum atomic E-state index is 10.4. The van der Waals surface area contributed by atoms with Crippen molar-refractivity contribution in [3.8, 4) is 5.75 Å². The highest BCUT2D eigenvalue weighted by Crippen LogP contribution is 2.43. The Bertz CT molecular complexity index is 443. The molecule has 0 aromatic heterocycles. The number of phenolic OH excluding ortho intramolecular Hbond substituents is 1. The van der Waals surface area contributed by atoms with E-state index in [1.807, 2.05) is 12.1 Å². The normalized spacial score (nSPS) is 24.8. The second kappa shape index (κ2) is 7.84. The van der Waals surface area contributed by atoms with Gasteiger partial charge in [-0.3, -0.25) is 0 Å². The monoisotopic (exact) mass is 289 g/mol. The van der Waals surface area contributed by atoms with Gasteiger partial charge in [0.15, 0.2) is 0 Å². The van der Waals surface area contributed by atoms with Crippen LogP contribution in [-0.2, 0) is 6.42 Å². The summed E-state index contributed by atoms with van der Waals surface area (Å²) >= 11 is 0. The van der Waals surface area contributed by atoms with Gasteiger partial charge in [-0.25, -0.2) is 0 Å². The van der Waals surface area contributed by atoms with E-state index in [0.717, 1.165) is 19.4 Å². The molecular weight excluding hydrogens is 258 g/mol. The van der Waals surface area contributed by atoms with Crippen LogP contribution in [0.4, 0.5) is 0 Å². The molecule has 21 heavy (non-hydrogen) atoms. The third kappa shape index (κ3) is 3.60. The van der Waals surface area contributed by atoms with Gasteiger partial charge in [-0.05, 0) is 49.8 Å². The molecule has 0 radical (unpaired) electrons. The number of benzene rings is 1. The van der Waals surface area contributed by atoms with Gasteiger partial charge in [0.25, 0.3) is 0 Å². The van der Waals surface area contributed by atoms with Gasteiger partial charge >= 0.3 is 0 Å². The molecule has 0 saturated carbocycles. The summed E-state index contributed by atoms with van der Waals surface area (Å²) in [5, 5.41) is 14.2. The topological polar surface area (TPSA) is 32.3 Å². The van der Waals surface area contributed by atoms with Crippen LogP contribution in [0.15, 0.2) is 18.2 Å². The second-order valence-corrected chi connectivity index (χ2v) is 6.48. The summed E-state index contributed by atoms with van der Waals surface area (Å²) in [6, 6.07) is 6.60. The van der Waals surface area contributed by atoms with E-state index in [1.165, 1.54) is 36.8 Å². The Balaban J connectivity index is 2.36. The SMILES string of the molecule is CCCN[C@@H]1[C@H](CCC)Cc2cccc(O)c2[C@@H]1CCC. The van der Waals surface area contributed by atoms with Gasteiger partial charge in [-0.15, -0.1) is 0 Å². The highest BCUT2D eigenvalue weighted by molar-refractivity contribution is 5.45. The smallest absolute Gasteiger partial charge is 0.119 e. The first kappa shape index (κ1) is 16.4. The Labute approximate surface area is 130 Å². The van der Waals surface area contributed by atoms with Gasteiger partial charge in [0.2, 0.25) is 0 Å². The summed E-state index contributed by atoms with van der Waals surface area (Å²) in [6.45, 7) is 7.84. The fourth-order valence-electron chi connectivity index (χ4n) is 4.03. The quantitative estimate of drug-likeness (QED) is 0.768. The molecule has 0 bridgehead atoms. The highest BCUT2D eigenvalue weighted by atomic mass is 16.3. The molecule has 0 heterocycles. The van der Waals surface area contributed by atoms with Crippen molar-refractivity contribution in [1.82, 2.24) is 5.32 Å². The summed E-state index contributed by atoms with van der Waals surface area (Å²) in [6.07, 6.45) is 7.12. The Hall–Kier alpha value is -1.02. The Morgan fingerprint density at radius 1 is 1.10 bits per heavy atom. The lowest BCUT2D eigenvalue weighted by molar-refractivity contribution is 0.254. The van der Waals surface area contributed by atoms with Crippen LogP contribution >= 0.6 is 0 Å². The molecule has 0 saturated heterocycles. The lowest BCUT2D eigenvalue weighted by atomic mass is 9.69. The lowest BCUT2D eigenvalue weighted by Crippen LogP contribution is -2.45. The van der Waals surface area contributed by atoms with Crippen LogP contribution in [0.2, 0.25) is 0 Å². The zero-order chi connectivity index (χ0) is 15.2. The lowest BCUT2D eigenvalue weighted by Gasteiger charge is -2.41. The van der Waals surface area contributed by atoms with Gasteiger partial charge in [0.05, 0.1) is 0 Å². The zero-order valence-corrected chi connectivity index (χ0v) is 13.9. The van der Waals surface area contributed by atoms with Crippen LogP contribution in [0.5, 0.6) is 5.75 Å². The number of rotatable bonds is 7. The van der Waals surface area contributed by atoms with E-state index >= 15 is 0 Å². The van der Waals surface area contributed by atoms with Crippen molar-refractivity contribution in [3.05, 3.63) is 29.3 Å². The molecule has 1 aliphatic carbocycles. The maximum Gasteiger partial charge on any atom is 0.119 e. The summed E-state index contributed by atoms with van der Waals surface area (Å²) in [4.78, 5) is 0. The Kier molecular flexibility index (Phi) is 6.10. The van der Waals surface area contributed by atoms with E-state index in [1.54, 1.807) is 0 Å². The number of hydrogen-bond donors (Lipinski definition) is 2. The third-order valence-corrected chi connectivity index (χ3v) is 4.86. The predicted molar refractivity (Wildman–Crippen MR) is 89.9 cm³/mol. The van der Waals surface area contributed by atoms with Crippen molar-refractivity contribution in [2.24, 2.45) is 5.92 Å². The van der Waals surface area contributed by atoms with Crippen LogP contribution in [0.1, 0.15) is 69.9 Å². The van der Waals surface area contributed by atoms with Crippen LogP contribution in [0.25, 0.3) is 0 Å². The molecule has 2 heteroatoms. The number of aromatic hydroxyl groups is 1. The van der Waals surface area contributed by atoms with Gasteiger partial charge < -0.3 is 10.4 Å². The first-order chi connectivity index (χ1) is 10.2. The van der Waals surface area contributed by atoms with Crippen molar-refractivity contribution in [2.45, 2.75) is 71.3 Å². The van der Waals surface area contributed by atoms with Gasteiger partial charge in [-0.1, -0.05) is 45.7 Å². The van der Waals surface area contributed by atoms with Crippen molar-refractivity contribution in [3.63, 3.8) is 0 Å². The van der Waals surface area contributed by atoms with Crippen molar-refractivity contribution in [1.29, 1.82) is 0 Å². The maximum absolute atomic E-state index is 10.4. The molecule has 0 aliphatic heterocycles. The van der Waals surface area contributed by atoms with Crippen molar-refractivity contribution < 1.29 is 5.11 Å². The summed E-state index contributed by atoms with van der Waals surface area (Å²) in [7, 11) is 0. The van der Waals surface area contributed by atoms with Crippen LogP contribution in [0.3, 0.4) is 0 Å². The summed E-state index contributed by atoms with van der Waals surface area (Å²) in [5.41, 5.74) is 2.60. The Morgan fingerprint density at radius 3 is 2.52 bits per heavy atom. The molecular formula is C19H31NO. The molecule has 1 aromatic rings. The summed E-state index contributed by atoms with van der Waals surface area (Å²) in [5.74, 6) is 1.67. The first-order valence-corrected chi connectivity index (χ1v) is 8.76. The molecule has 0 unspecified atom stereocenters. The highest BCUT2D eigenvalue weighted by Gasteiger charge is 2.36. The van der Waals surface area contributed by atoms with Gasteiger partial charge in [0.1, 0.15) is 5.75 Å². The molecule has 3 atom stereocenters. The first-order valence-electron chi connectivity index (χ1n) is 8.76. The van der Waals surface area contributed by atoms with Crippen LogP contribution < -0.4 is 5.32 Å². The fourth-order valence-corrected chi connectivity index (χ4v) is 4.03. The van der Waals surface area contributed by atoms with Crippen LogP contribution in [-0.4, -0.2) is 17.7 Å². The van der Waals surface area contributed by atoms with Crippen molar-refractivity contribution in [2.75, 3.05) is 6.54 Å². The minimum atomic E-state index is 0.461. The zero-order valence-electron chi connectivity index (χ0n) is 13.9. The summed E-state index contributed by atoms with van der Waals surface area (Å²) < 4.78 is 0. The number of nitrogens with one attached hydrogen (secondary N) is 1. The number of phenols is 1. The number of fused-ring (bicyclic) bond motifs is 1. The minimum absolute atomic E-state index is 0.461. The third-order valence-electron chi connectivity index (χ3n) is 4.86. The van der Waals surface area contributed by atoms with Gasteiger partial charge in [-0.2, -0.15) is 0 Å². The van der Waals surface area contributed by atoms with E-state index in [9.17, 15) is 5.11 Å². The molecule has 2 nitrogen and oxygen atoms in total. The standard InChI is InChI=1S/C19H31NO/c1-4-8-15-13-14-10-7-11-17(21)18(14)16(9-5-2)19(15)20-12-6-3/h7,10-11,15-16,19-21H,4-6,8-9,12-13H2,1-3H3/t15-,16+,19-/m1/s1. The molecule has 0 amide bonds. The second-order valence-electron chi connectivity index (χ2n) is 6.48. The molecule has 1 aromatic carbocycles. The molecule has 2 N–H and O–H groups in total. The molecule has 0 spiro atoms. The predicted octanol–water partition coefficient (Wildman–Crippen LogP) is 4.62. The van der Waals surface area contributed by atoms with Crippen molar-refractivity contribution >= 4 is 0 Å². The van der Waals surface area contributed by atoms with E-state index < -0.39 is 0 Å². The average molecular weight is 289 g/mol. The van der Waals surface area contributed by atoms with E-state index in [2.05, 4.69) is 32.2 Å². The molecule has 1 aliphatic rings. The van der Waals surface area contributed by atoms with E-state index in [4.69, 9.17) is 0 Å². The van der Waals surface area contributed by atoms with Gasteiger partial charge in [0, 0.05) is 17.5 Å². The Morgan fingerprint density at radius 2 is 1.86 bits per heavy atom. The molecule has 0 fully saturated rings. The fraction of sp³-hybridized carbons (Fsp3) is 0.684. The molecule has 118 valence electrons. The van der Waals surface area contributed by atoms with E-state index in [-0.39, 0.29) is 0 Å². The average Bonchev–Trinajstić information content (AvgIpc) is 2.47. The van der Waals surface area contributed by atoms with Crippen LogP contribution in [0, 0.1) is 5.92 Å². The minimum Gasteiger partial charge on any atom is -0.508 e. The van der Waals surface area contributed by atoms with E-state index in [0.29, 0.717) is 23.6 Å². The molecule has 2 rings (SSSR count).